The number of rotatable bonds is 6. The Kier molecular flexibility index (Phi) is 7.32. The van der Waals surface area contributed by atoms with Gasteiger partial charge in [0.2, 0.25) is 0 Å². The van der Waals surface area contributed by atoms with E-state index >= 15 is 0 Å². The largest absolute Gasteiger partial charge is 0.463 e. The first-order valence-electron chi connectivity index (χ1n) is 4.82. The van der Waals surface area contributed by atoms with Crippen molar-refractivity contribution in [3.05, 3.63) is 36.6 Å². The lowest BCUT2D eigenvalue weighted by molar-refractivity contribution is -0.137. The SMILES string of the molecule is C=C/N=C/C=C(\C=C\C(=O)OCC)C(C)=O. The first kappa shape index (κ1) is 14.0. The second-order valence-electron chi connectivity index (χ2n) is 2.74. The van der Waals surface area contributed by atoms with Crippen LogP contribution in [0, 0.1) is 0 Å². The molecule has 16 heavy (non-hydrogen) atoms. The average Bonchev–Trinajstić information content (AvgIpc) is 2.23. The number of esters is 1. The molecule has 0 aromatic heterocycles. The lowest BCUT2D eigenvalue weighted by Gasteiger charge is -1.96. The predicted octanol–water partition coefficient (Wildman–Crippen LogP) is 1.84. The van der Waals surface area contributed by atoms with Gasteiger partial charge < -0.3 is 4.74 Å². The van der Waals surface area contributed by atoms with Gasteiger partial charge in [-0.2, -0.15) is 0 Å². The normalized spacial score (nSPS) is 12.0. The first-order chi connectivity index (χ1) is 7.61. The molecule has 4 nitrogen and oxygen atoms in total. The van der Waals surface area contributed by atoms with Gasteiger partial charge in [0.05, 0.1) is 6.61 Å². The minimum atomic E-state index is -0.477. The third-order valence-corrected chi connectivity index (χ3v) is 1.54. The van der Waals surface area contributed by atoms with Gasteiger partial charge in [0, 0.05) is 24.1 Å². The molecule has 0 aromatic rings. The zero-order valence-corrected chi connectivity index (χ0v) is 9.47. The molecule has 0 saturated carbocycles. The summed E-state index contributed by atoms with van der Waals surface area (Å²) in [4.78, 5) is 25.9. The summed E-state index contributed by atoms with van der Waals surface area (Å²) in [7, 11) is 0. The van der Waals surface area contributed by atoms with E-state index < -0.39 is 5.97 Å². The van der Waals surface area contributed by atoms with E-state index in [1.54, 1.807) is 6.92 Å². The summed E-state index contributed by atoms with van der Waals surface area (Å²) in [6.45, 7) is 6.82. The second kappa shape index (κ2) is 8.35. The molecule has 0 fully saturated rings. The van der Waals surface area contributed by atoms with Crippen molar-refractivity contribution in [2.24, 2.45) is 4.99 Å². The van der Waals surface area contributed by atoms with Gasteiger partial charge in [0.1, 0.15) is 0 Å². The number of carbonyl (C=O) groups excluding carboxylic acids is 2. The summed E-state index contributed by atoms with van der Waals surface area (Å²) in [5.41, 5.74) is 0.374. The summed E-state index contributed by atoms with van der Waals surface area (Å²) in [6.07, 6.45) is 6.89. The van der Waals surface area contributed by atoms with Crippen LogP contribution < -0.4 is 0 Å². The van der Waals surface area contributed by atoms with E-state index in [-0.39, 0.29) is 5.78 Å². The summed E-state index contributed by atoms with van der Waals surface area (Å²) in [5.74, 6) is -0.633. The molecule has 0 amide bonds. The van der Waals surface area contributed by atoms with Crippen LogP contribution in [0.2, 0.25) is 0 Å². The van der Waals surface area contributed by atoms with Crippen LogP contribution in [-0.2, 0) is 14.3 Å². The molecule has 0 unspecified atom stereocenters. The van der Waals surface area contributed by atoms with Crippen LogP contribution in [0.3, 0.4) is 0 Å². The number of ketones is 1. The average molecular weight is 221 g/mol. The molecule has 0 saturated heterocycles. The Morgan fingerprint density at radius 1 is 1.38 bits per heavy atom. The molecule has 0 rings (SSSR count). The van der Waals surface area contributed by atoms with Crippen molar-refractivity contribution in [2.45, 2.75) is 13.8 Å². The van der Waals surface area contributed by atoms with Gasteiger partial charge in [-0.05, 0) is 26.0 Å². The Morgan fingerprint density at radius 2 is 2.06 bits per heavy atom. The molecule has 0 spiro atoms. The number of hydrogen-bond donors (Lipinski definition) is 0. The molecule has 0 heterocycles. The van der Waals surface area contributed by atoms with Crippen molar-refractivity contribution >= 4 is 18.0 Å². The lowest BCUT2D eigenvalue weighted by atomic mass is 10.1. The van der Waals surface area contributed by atoms with Crippen LogP contribution >= 0.6 is 0 Å². The highest BCUT2D eigenvalue weighted by atomic mass is 16.5. The summed E-state index contributed by atoms with van der Waals surface area (Å²) in [5, 5.41) is 0. The fourth-order valence-electron chi connectivity index (χ4n) is 0.823. The van der Waals surface area contributed by atoms with E-state index in [0.717, 1.165) is 0 Å². The molecule has 86 valence electrons. The van der Waals surface area contributed by atoms with Gasteiger partial charge in [0.25, 0.3) is 0 Å². The zero-order valence-electron chi connectivity index (χ0n) is 9.47. The van der Waals surface area contributed by atoms with E-state index in [1.165, 1.54) is 37.6 Å². The standard InChI is InChI=1S/C12H15NO3/c1-4-13-9-8-11(10(3)14)6-7-12(15)16-5-2/h4,6-9H,1,5H2,2-3H3/b7-6+,11-8+,13-9+. The molecule has 0 aliphatic carbocycles. The minimum Gasteiger partial charge on any atom is -0.463 e. The zero-order chi connectivity index (χ0) is 12.4. The molecule has 0 aliphatic heterocycles. The lowest BCUT2D eigenvalue weighted by Crippen LogP contribution is -2.00. The number of hydrogen-bond acceptors (Lipinski definition) is 4. The summed E-state index contributed by atoms with van der Waals surface area (Å²) in [6, 6.07) is 0. The van der Waals surface area contributed by atoms with Gasteiger partial charge in [-0.1, -0.05) is 6.58 Å². The van der Waals surface area contributed by atoms with Crippen molar-refractivity contribution in [1.29, 1.82) is 0 Å². The molecular weight excluding hydrogens is 206 g/mol. The van der Waals surface area contributed by atoms with Crippen molar-refractivity contribution in [3.8, 4) is 0 Å². The number of allylic oxidation sites excluding steroid dienone is 3. The van der Waals surface area contributed by atoms with Gasteiger partial charge in [-0.3, -0.25) is 9.79 Å². The molecule has 0 radical (unpaired) electrons. The second-order valence-corrected chi connectivity index (χ2v) is 2.74. The summed E-state index contributed by atoms with van der Waals surface area (Å²) >= 11 is 0. The Labute approximate surface area is 95.0 Å². The Hall–Kier alpha value is -1.97. The quantitative estimate of drug-likeness (QED) is 0.297. The highest BCUT2D eigenvalue weighted by Gasteiger charge is 2.00. The highest BCUT2D eigenvalue weighted by Crippen LogP contribution is 1.98. The molecule has 0 bridgehead atoms. The van der Waals surface area contributed by atoms with E-state index in [0.29, 0.717) is 12.2 Å². The van der Waals surface area contributed by atoms with Crippen molar-refractivity contribution in [2.75, 3.05) is 6.61 Å². The monoisotopic (exact) mass is 221 g/mol. The maximum Gasteiger partial charge on any atom is 0.330 e. The smallest absolute Gasteiger partial charge is 0.330 e. The predicted molar refractivity (Wildman–Crippen MR) is 63.2 cm³/mol. The van der Waals surface area contributed by atoms with Gasteiger partial charge in [-0.15, -0.1) is 0 Å². The van der Waals surface area contributed by atoms with Crippen LogP contribution in [0.4, 0.5) is 0 Å². The number of aliphatic imine (C=N–C) groups is 1. The van der Waals surface area contributed by atoms with Crippen molar-refractivity contribution in [3.63, 3.8) is 0 Å². The topological polar surface area (TPSA) is 55.7 Å². The van der Waals surface area contributed by atoms with Gasteiger partial charge in [0.15, 0.2) is 5.78 Å². The van der Waals surface area contributed by atoms with E-state index in [2.05, 4.69) is 16.3 Å². The first-order valence-corrected chi connectivity index (χ1v) is 4.82. The van der Waals surface area contributed by atoms with E-state index in [1.807, 2.05) is 0 Å². The molecule has 0 aliphatic rings. The van der Waals surface area contributed by atoms with Crippen LogP contribution in [0.25, 0.3) is 0 Å². The Bertz CT molecular complexity index is 351. The number of ether oxygens (including phenoxy) is 1. The third-order valence-electron chi connectivity index (χ3n) is 1.54. The summed E-state index contributed by atoms with van der Waals surface area (Å²) < 4.78 is 4.68. The highest BCUT2D eigenvalue weighted by molar-refractivity contribution is 6.01. The third kappa shape index (κ3) is 6.48. The fraction of sp³-hybridized carbons (Fsp3) is 0.250. The molecule has 4 heteroatoms. The minimum absolute atomic E-state index is 0.156. The number of Topliss-reactive ketones (excluding diaryl/α,β-unsaturated/α-hetero) is 1. The molecule has 0 N–H and O–H groups in total. The van der Waals surface area contributed by atoms with E-state index in [4.69, 9.17) is 0 Å². The van der Waals surface area contributed by atoms with Crippen LogP contribution in [0.1, 0.15) is 13.8 Å². The Balaban J connectivity index is 4.63. The molecule has 0 atom stereocenters. The van der Waals surface area contributed by atoms with Gasteiger partial charge in [-0.25, -0.2) is 4.79 Å². The number of carbonyl (C=O) groups is 2. The molecular formula is C12H15NO3. The van der Waals surface area contributed by atoms with Crippen LogP contribution in [-0.4, -0.2) is 24.6 Å². The van der Waals surface area contributed by atoms with E-state index in [9.17, 15) is 9.59 Å². The maximum absolute atomic E-state index is 11.1. The van der Waals surface area contributed by atoms with Crippen LogP contribution in [0.5, 0.6) is 0 Å². The maximum atomic E-state index is 11.1. The van der Waals surface area contributed by atoms with Crippen molar-refractivity contribution in [1.82, 2.24) is 0 Å². The van der Waals surface area contributed by atoms with Crippen molar-refractivity contribution < 1.29 is 14.3 Å². The molecule has 0 aromatic carbocycles. The number of nitrogens with zero attached hydrogens (tertiary/aromatic N) is 1. The van der Waals surface area contributed by atoms with Crippen LogP contribution in [0.15, 0.2) is 41.6 Å². The fourth-order valence-corrected chi connectivity index (χ4v) is 0.823. The Morgan fingerprint density at radius 3 is 2.56 bits per heavy atom. The van der Waals surface area contributed by atoms with Gasteiger partial charge >= 0.3 is 5.97 Å².